The summed E-state index contributed by atoms with van der Waals surface area (Å²) in [4.78, 5) is 21.1. The molecule has 2 rings (SSSR count). The molecule has 2 heterocycles. The molecule has 1 saturated heterocycles. The van der Waals surface area contributed by atoms with Gasteiger partial charge in [-0.2, -0.15) is 11.8 Å². The number of hydrogen-bond acceptors (Lipinski definition) is 6. The molecule has 1 amide bonds. The number of thiazole rings is 1. The second-order valence-corrected chi connectivity index (χ2v) is 7.14. The molecule has 106 valence electrons. The van der Waals surface area contributed by atoms with Gasteiger partial charge in [0, 0.05) is 38.2 Å². The van der Waals surface area contributed by atoms with Gasteiger partial charge in [-0.05, 0) is 6.42 Å². The van der Waals surface area contributed by atoms with Gasteiger partial charge in [0.25, 0.3) is 5.91 Å². The number of nitrogens with zero attached hydrogens (tertiary/aromatic N) is 3. The van der Waals surface area contributed by atoms with Gasteiger partial charge in [0.05, 0.1) is 0 Å². The Bertz CT molecular complexity index is 461. The Hall–Kier alpha value is -0.950. The van der Waals surface area contributed by atoms with E-state index in [4.69, 9.17) is 5.73 Å². The molecule has 0 bridgehead atoms. The number of rotatable bonds is 3. The van der Waals surface area contributed by atoms with Crippen LogP contribution in [0.4, 0.5) is 10.9 Å². The van der Waals surface area contributed by atoms with Crippen LogP contribution in [-0.2, 0) is 0 Å². The van der Waals surface area contributed by atoms with Crippen molar-refractivity contribution in [3.8, 4) is 0 Å². The van der Waals surface area contributed by atoms with Crippen molar-refractivity contribution in [2.75, 3.05) is 43.6 Å². The predicted molar refractivity (Wildman–Crippen MR) is 83.3 cm³/mol. The zero-order valence-electron chi connectivity index (χ0n) is 11.5. The number of nitrogens with two attached hydrogens (primary N) is 1. The van der Waals surface area contributed by atoms with Crippen LogP contribution in [0.25, 0.3) is 0 Å². The lowest BCUT2D eigenvalue weighted by Gasteiger charge is -2.31. The van der Waals surface area contributed by atoms with Crippen molar-refractivity contribution in [1.29, 1.82) is 0 Å². The normalized spacial score (nSPS) is 19.5. The molecule has 19 heavy (non-hydrogen) atoms. The summed E-state index contributed by atoms with van der Waals surface area (Å²) in [7, 11) is 3.80. The van der Waals surface area contributed by atoms with Crippen LogP contribution in [0.15, 0.2) is 0 Å². The standard InChI is InChI=1S/C12H20N4OS2/c1-4-8-7-16(5-6-18-8)11(17)9-10(13)14-12(19-9)15(2)3/h8H,4-7,13H2,1-3H3. The van der Waals surface area contributed by atoms with Gasteiger partial charge >= 0.3 is 0 Å². The summed E-state index contributed by atoms with van der Waals surface area (Å²) in [5.74, 6) is 1.38. The lowest BCUT2D eigenvalue weighted by molar-refractivity contribution is 0.0766. The van der Waals surface area contributed by atoms with Crippen molar-refractivity contribution in [1.82, 2.24) is 9.88 Å². The first kappa shape index (κ1) is 14.5. The summed E-state index contributed by atoms with van der Waals surface area (Å²) in [5, 5.41) is 1.32. The van der Waals surface area contributed by atoms with Crippen molar-refractivity contribution in [3.05, 3.63) is 4.88 Å². The van der Waals surface area contributed by atoms with Gasteiger partial charge < -0.3 is 15.5 Å². The molecule has 0 aromatic carbocycles. The fourth-order valence-electron chi connectivity index (χ4n) is 1.96. The van der Waals surface area contributed by atoms with Crippen LogP contribution < -0.4 is 10.6 Å². The van der Waals surface area contributed by atoms with Gasteiger partial charge in [-0.3, -0.25) is 4.79 Å². The zero-order chi connectivity index (χ0) is 14.0. The van der Waals surface area contributed by atoms with Crippen molar-refractivity contribution < 1.29 is 4.79 Å². The summed E-state index contributed by atoms with van der Waals surface area (Å²) in [6.07, 6.45) is 1.09. The fourth-order valence-corrected chi connectivity index (χ4v) is 4.02. The van der Waals surface area contributed by atoms with Crippen LogP contribution in [0.1, 0.15) is 23.0 Å². The fraction of sp³-hybridized carbons (Fsp3) is 0.667. The van der Waals surface area contributed by atoms with Crippen molar-refractivity contribution in [2.45, 2.75) is 18.6 Å². The molecule has 1 fully saturated rings. The molecule has 2 N–H and O–H groups in total. The Morgan fingerprint density at radius 3 is 2.89 bits per heavy atom. The molecule has 0 radical (unpaired) electrons. The summed E-state index contributed by atoms with van der Waals surface area (Å²) >= 11 is 3.32. The molecule has 1 unspecified atom stereocenters. The van der Waals surface area contributed by atoms with Gasteiger partial charge in [0.15, 0.2) is 5.13 Å². The summed E-state index contributed by atoms with van der Waals surface area (Å²) in [6.45, 7) is 3.78. The molecular weight excluding hydrogens is 280 g/mol. The average Bonchev–Trinajstić information content (AvgIpc) is 2.80. The molecule has 1 aromatic heterocycles. The van der Waals surface area contributed by atoms with Gasteiger partial charge in [0.1, 0.15) is 10.7 Å². The van der Waals surface area contributed by atoms with Crippen molar-refractivity contribution in [2.24, 2.45) is 0 Å². The smallest absolute Gasteiger partial charge is 0.267 e. The molecule has 0 aliphatic carbocycles. The van der Waals surface area contributed by atoms with Crippen LogP contribution in [0.5, 0.6) is 0 Å². The number of hydrogen-bond donors (Lipinski definition) is 1. The first-order valence-electron chi connectivity index (χ1n) is 6.37. The molecule has 1 atom stereocenters. The first-order valence-corrected chi connectivity index (χ1v) is 8.24. The third kappa shape index (κ3) is 3.14. The molecule has 1 aliphatic rings. The highest BCUT2D eigenvalue weighted by Crippen LogP contribution is 2.30. The minimum absolute atomic E-state index is 0.0295. The molecule has 5 nitrogen and oxygen atoms in total. The monoisotopic (exact) mass is 300 g/mol. The molecule has 0 saturated carbocycles. The van der Waals surface area contributed by atoms with Gasteiger partial charge in [0.2, 0.25) is 0 Å². The largest absolute Gasteiger partial charge is 0.382 e. The van der Waals surface area contributed by atoms with Crippen LogP contribution >= 0.6 is 23.1 Å². The van der Waals surface area contributed by atoms with Crippen LogP contribution in [-0.4, -0.2) is 54.0 Å². The van der Waals surface area contributed by atoms with Crippen molar-refractivity contribution >= 4 is 40.0 Å². The van der Waals surface area contributed by atoms with E-state index in [9.17, 15) is 4.79 Å². The summed E-state index contributed by atoms with van der Waals surface area (Å²) < 4.78 is 0. The SMILES string of the molecule is CCC1CN(C(=O)c2sc(N(C)C)nc2N)CCS1. The van der Waals surface area contributed by atoms with E-state index in [1.807, 2.05) is 35.7 Å². The topological polar surface area (TPSA) is 62.5 Å². The number of thioether (sulfide) groups is 1. The van der Waals surface area contributed by atoms with Crippen LogP contribution in [0, 0.1) is 0 Å². The van der Waals surface area contributed by atoms with E-state index in [2.05, 4.69) is 11.9 Å². The van der Waals surface area contributed by atoms with Gasteiger partial charge in [-0.1, -0.05) is 18.3 Å². The third-order valence-electron chi connectivity index (χ3n) is 3.10. The average molecular weight is 300 g/mol. The lowest BCUT2D eigenvalue weighted by Crippen LogP contribution is -2.41. The van der Waals surface area contributed by atoms with E-state index in [0.717, 1.165) is 30.4 Å². The highest BCUT2D eigenvalue weighted by Gasteiger charge is 2.27. The number of carbonyl (C=O) groups excluding carboxylic acids is 1. The van der Waals surface area contributed by atoms with Gasteiger partial charge in [-0.15, -0.1) is 0 Å². The van der Waals surface area contributed by atoms with E-state index >= 15 is 0 Å². The number of nitrogen functional groups attached to an aromatic ring is 1. The molecule has 1 aromatic rings. The van der Waals surface area contributed by atoms with Crippen LogP contribution in [0.2, 0.25) is 0 Å². The molecule has 1 aliphatic heterocycles. The summed E-state index contributed by atoms with van der Waals surface area (Å²) in [5.41, 5.74) is 5.87. The second kappa shape index (κ2) is 6.00. The maximum atomic E-state index is 12.5. The lowest BCUT2D eigenvalue weighted by atomic mass is 10.3. The number of aromatic nitrogens is 1. The molecular formula is C12H20N4OS2. The number of anilines is 2. The Balaban J connectivity index is 2.14. The number of amides is 1. The zero-order valence-corrected chi connectivity index (χ0v) is 13.2. The highest BCUT2D eigenvalue weighted by molar-refractivity contribution is 8.00. The van der Waals surface area contributed by atoms with Crippen LogP contribution in [0.3, 0.4) is 0 Å². The van der Waals surface area contributed by atoms with E-state index in [1.54, 1.807) is 0 Å². The van der Waals surface area contributed by atoms with E-state index in [0.29, 0.717) is 15.9 Å². The van der Waals surface area contributed by atoms with E-state index < -0.39 is 0 Å². The van der Waals surface area contributed by atoms with Crippen molar-refractivity contribution in [3.63, 3.8) is 0 Å². The van der Waals surface area contributed by atoms with E-state index in [-0.39, 0.29) is 5.91 Å². The Kier molecular flexibility index (Phi) is 4.57. The quantitative estimate of drug-likeness (QED) is 0.921. The Labute approximate surface area is 122 Å². The Morgan fingerprint density at radius 1 is 1.58 bits per heavy atom. The second-order valence-electron chi connectivity index (χ2n) is 4.76. The maximum absolute atomic E-state index is 12.5. The molecule has 7 heteroatoms. The minimum Gasteiger partial charge on any atom is -0.382 e. The first-order chi connectivity index (χ1) is 9.02. The maximum Gasteiger partial charge on any atom is 0.267 e. The number of carbonyl (C=O) groups is 1. The van der Waals surface area contributed by atoms with E-state index in [1.165, 1.54) is 11.3 Å². The Morgan fingerprint density at radius 2 is 2.32 bits per heavy atom. The highest BCUT2D eigenvalue weighted by atomic mass is 32.2. The molecule has 0 spiro atoms. The summed E-state index contributed by atoms with van der Waals surface area (Å²) in [6, 6.07) is 0. The van der Waals surface area contributed by atoms with Gasteiger partial charge in [-0.25, -0.2) is 4.98 Å². The third-order valence-corrected chi connectivity index (χ3v) is 5.70. The minimum atomic E-state index is 0.0295. The predicted octanol–water partition coefficient (Wildman–Crippen LogP) is 1.76.